The lowest BCUT2D eigenvalue weighted by atomic mass is 9.76. The molecule has 0 aromatic rings. The molecule has 4 heteroatoms. The van der Waals surface area contributed by atoms with Crippen LogP contribution >= 0.6 is 0 Å². The van der Waals surface area contributed by atoms with E-state index in [1.165, 1.54) is 0 Å². The first-order valence-corrected chi connectivity index (χ1v) is 5.22. The van der Waals surface area contributed by atoms with Gasteiger partial charge in [-0.05, 0) is 19.3 Å². The fourth-order valence-electron chi connectivity index (χ4n) is 1.01. The lowest BCUT2D eigenvalue weighted by molar-refractivity contribution is -0.0403. The molecule has 0 aromatic carbocycles. The summed E-state index contributed by atoms with van der Waals surface area (Å²) in [6.07, 6.45) is 0.881. The molecule has 1 radical (unpaired) electrons. The summed E-state index contributed by atoms with van der Waals surface area (Å²) < 4.78 is 10.8. The van der Waals surface area contributed by atoms with E-state index in [0.717, 1.165) is 17.7 Å². The highest BCUT2D eigenvalue weighted by Crippen LogP contribution is 2.36. The fourth-order valence-corrected chi connectivity index (χ4v) is 1.01. The van der Waals surface area contributed by atoms with Crippen LogP contribution in [0.4, 0.5) is 0 Å². The van der Waals surface area contributed by atoms with Gasteiger partial charge in [0.05, 0.1) is 25.1 Å². The second-order valence-corrected chi connectivity index (χ2v) is 5.12. The topological polar surface area (TPSA) is 38.7 Å². The van der Waals surface area contributed by atoms with Crippen LogP contribution in [0.15, 0.2) is 11.2 Å². The average molecular weight is 211 g/mol. The highest BCUT2D eigenvalue weighted by molar-refractivity contribution is 6.40. The Bertz CT molecular complexity index is 269. The van der Waals surface area contributed by atoms with Crippen molar-refractivity contribution in [2.24, 2.45) is 5.41 Å². The van der Waals surface area contributed by atoms with Crippen LogP contribution in [-0.2, 0) is 9.39 Å². The zero-order chi connectivity index (χ0) is 11.7. The number of ether oxygens (including phenoxy) is 1. The molecule has 0 amide bonds. The van der Waals surface area contributed by atoms with Crippen molar-refractivity contribution >= 4 is 7.48 Å². The van der Waals surface area contributed by atoms with Gasteiger partial charge in [-0.2, -0.15) is 0 Å². The molecule has 0 saturated carbocycles. The van der Waals surface area contributed by atoms with Gasteiger partial charge in [-0.1, -0.05) is 13.8 Å². The highest BCUT2D eigenvalue weighted by atomic mass is 16.5. The zero-order valence-electron chi connectivity index (χ0n) is 10.3. The van der Waals surface area contributed by atoms with Crippen LogP contribution in [0.2, 0.25) is 0 Å². The smallest absolute Gasteiger partial charge is 0.330 e. The van der Waals surface area contributed by atoms with Crippen LogP contribution < -0.4 is 0 Å². The minimum atomic E-state index is -0.393. The van der Waals surface area contributed by atoms with E-state index >= 15 is 0 Å². The van der Waals surface area contributed by atoms with Crippen LogP contribution in [-0.4, -0.2) is 31.9 Å². The summed E-state index contributed by atoms with van der Waals surface area (Å²) in [5, 5.41) is 9.28. The Balaban J connectivity index is 2.47. The zero-order valence-corrected chi connectivity index (χ0v) is 10.3. The van der Waals surface area contributed by atoms with E-state index in [1.807, 2.05) is 27.7 Å². The number of methoxy groups -OCH3 is 1. The molecule has 1 aliphatic carbocycles. The van der Waals surface area contributed by atoms with E-state index in [0.29, 0.717) is 0 Å². The maximum absolute atomic E-state index is 9.28. The second kappa shape index (κ2) is 4.18. The van der Waals surface area contributed by atoms with Crippen molar-refractivity contribution in [3.05, 3.63) is 11.2 Å². The first-order chi connectivity index (χ1) is 6.84. The monoisotopic (exact) mass is 211 g/mol. The molecule has 0 aliphatic heterocycles. The lowest BCUT2D eigenvalue weighted by Crippen LogP contribution is -2.45. The molecule has 1 aliphatic rings. The van der Waals surface area contributed by atoms with Crippen LogP contribution in [0.3, 0.4) is 0 Å². The number of hydrogen-bond acceptors (Lipinski definition) is 3. The quantitative estimate of drug-likeness (QED) is 0.679. The van der Waals surface area contributed by atoms with Gasteiger partial charge in [-0.15, -0.1) is 0 Å². The van der Waals surface area contributed by atoms with Gasteiger partial charge in [0.15, 0.2) is 0 Å². The van der Waals surface area contributed by atoms with Crippen LogP contribution in [0.25, 0.3) is 0 Å². The maximum Gasteiger partial charge on any atom is 0.330 e. The lowest BCUT2D eigenvalue weighted by Gasteiger charge is -2.40. The molecule has 0 heterocycles. The maximum atomic E-state index is 9.28. The molecule has 0 saturated heterocycles. The molecule has 0 fully saturated rings. The SMILES string of the molecule is COC1=C([B]OC(C)(C)C(C)(C)CO)C1. The standard InChI is InChI=1S/C11H20BO3/c1-10(2,7-13)11(3,4)15-12-8-6-9(8)14-5/h13H,6-7H2,1-5H3. The molecule has 3 nitrogen and oxygen atoms in total. The Morgan fingerprint density at radius 3 is 2.33 bits per heavy atom. The van der Waals surface area contributed by atoms with Gasteiger partial charge < -0.3 is 14.5 Å². The fraction of sp³-hybridized carbons (Fsp3) is 0.818. The highest BCUT2D eigenvalue weighted by Gasteiger charge is 2.38. The van der Waals surface area contributed by atoms with Crippen molar-refractivity contribution in [2.45, 2.75) is 39.7 Å². The third-order valence-electron chi connectivity index (χ3n) is 3.35. The minimum Gasteiger partial charge on any atom is -0.502 e. The summed E-state index contributed by atoms with van der Waals surface area (Å²) in [6, 6.07) is 0. The van der Waals surface area contributed by atoms with Gasteiger partial charge in [-0.25, -0.2) is 0 Å². The Labute approximate surface area is 92.7 Å². The molecule has 0 unspecified atom stereocenters. The van der Waals surface area contributed by atoms with Gasteiger partial charge in [0.1, 0.15) is 0 Å². The summed E-state index contributed by atoms with van der Waals surface area (Å²) in [5.74, 6) is 0.993. The van der Waals surface area contributed by atoms with E-state index < -0.39 is 5.60 Å². The van der Waals surface area contributed by atoms with Crippen LogP contribution in [0.5, 0.6) is 0 Å². The number of aliphatic hydroxyl groups excluding tert-OH is 1. The summed E-state index contributed by atoms with van der Waals surface area (Å²) in [6.45, 7) is 8.03. The predicted octanol–water partition coefficient (Wildman–Crippen LogP) is 1.68. The first kappa shape index (κ1) is 12.6. The van der Waals surface area contributed by atoms with E-state index in [4.69, 9.17) is 9.39 Å². The van der Waals surface area contributed by atoms with Crippen molar-refractivity contribution in [1.82, 2.24) is 0 Å². The number of rotatable bonds is 6. The molecule has 0 atom stereocenters. The third kappa shape index (κ3) is 2.76. The van der Waals surface area contributed by atoms with Crippen molar-refractivity contribution in [1.29, 1.82) is 0 Å². The van der Waals surface area contributed by atoms with Crippen molar-refractivity contribution in [3.8, 4) is 0 Å². The third-order valence-corrected chi connectivity index (χ3v) is 3.35. The molecular weight excluding hydrogens is 191 g/mol. The molecular formula is C11H20BO3. The van der Waals surface area contributed by atoms with E-state index in [2.05, 4.69) is 0 Å². The number of hydrogen-bond donors (Lipinski definition) is 1. The minimum absolute atomic E-state index is 0.101. The van der Waals surface area contributed by atoms with E-state index in [1.54, 1.807) is 14.6 Å². The second-order valence-electron chi connectivity index (χ2n) is 5.12. The van der Waals surface area contributed by atoms with Gasteiger partial charge in [-0.3, -0.25) is 0 Å². The average Bonchev–Trinajstić information content (AvgIpc) is 2.93. The predicted molar refractivity (Wildman–Crippen MR) is 60.4 cm³/mol. The normalized spacial score (nSPS) is 16.7. The van der Waals surface area contributed by atoms with Crippen LogP contribution in [0.1, 0.15) is 34.1 Å². The summed E-state index contributed by atoms with van der Waals surface area (Å²) in [5.41, 5.74) is 0.446. The van der Waals surface area contributed by atoms with Crippen molar-refractivity contribution < 1.29 is 14.5 Å². The molecule has 1 rings (SSSR count). The molecule has 0 bridgehead atoms. The number of allylic oxidation sites excluding steroid dienone is 2. The first-order valence-electron chi connectivity index (χ1n) is 5.22. The van der Waals surface area contributed by atoms with Gasteiger partial charge in [0.2, 0.25) is 0 Å². The van der Waals surface area contributed by atoms with Crippen molar-refractivity contribution in [3.63, 3.8) is 0 Å². The molecule has 0 spiro atoms. The van der Waals surface area contributed by atoms with Crippen molar-refractivity contribution in [2.75, 3.05) is 13.7 Å². The molecule has 0 aromatic heterocycles. The number of aliphatic hydroxyl groups is 1. The molecule has 1 N–H and O–H groups in total. The van der Waals surface area contributed by atoms with E-state index in [9.17, 15) is 5.11 Å². The molecule has 85 valence electrons. The Hall–Kier alpha value is -0.475. The summed E-state index contributed by atoms with van der Waals surface area (Å²) in [7, 11) is 3.41. The Morgan fingerprint density at radius 2 is 1.93 bits per heavy atom. The van der Waals surface area contributed by atoms with E-state index in [-0.39, 0.29) is 12.0 Å². The summed E-state index contributed by atoms with van der Waals surface area (Å²) in [4.78, 5) is 0. The van der Waals surface area contributed by atoms with Gasteiger partial charge in [0.25, 0.3) is 0 Å². The Kier molecular flexibility index (Phi) is 3.51. The van der Waals surface area contributed by atoms with Gasteiger partial charge >= 0.3 is 7.48 Å². The largest absolute Gasteiger partial charge is 0.502 e. The van der Waals surface area contributed by atoms with Gasteiger partial charge in [0, 0.05) is 11.8 Å². The summed E-state index contributed by atoms with van der Waals surface area (Å²) >= 11 is 0. The Morgan fingerprint density at radius 1 is 1.33 bits per heavy atom. The molecule has 15 heavy (non-hydrogen) atoms. The van der Waals surface area contributed by atoms with Crippen LogP contribution in [0, 0.1) is 5.41 Å².